The predicted octanol–water partition coefficient (Wildman–Crippen LogP) is 1.31. The quantitative estimate of drug-likeness (QED) is 0.908. The van der Waals surface area contributed by atoms with Crippen molar-refractivity contribution >= 4 is 43.5 Å². The van der Waals surface area contributed by atoms with Gasteiger partial charge in [-0.25, -0.2) is 4.79 Å². The van der Waals surface area contributed by atoms with Crippen LogP contribution in [0.15, 0.2) is 13.4 Å². The van der Waals surface area contributed by atoms with Crippen LogP contribution in [0.25, 0.3) is 10.2 Å². The molecule has 8 heteroatoms. The second-order valence-electron chi connectivity index (χ2n) is 4.12. The third-order valence-corrected chi connectivity index (χ3v) is 5.14. The summed E-state index contributed by atoms with van der Waals surface area (Å²) < 4.78 is 3.15. The Morgan fingerprint density at radius 3 is 2.63 bits per heavy atom. The van der Waals surface area contributed by atoms with Crippen molar-refractivity contribution in [1.29, 1.82) is 0 Å². The molecule has 2 rings (SSSR count). The zero-order chi connectivity index (χ0) is 14.3. The number of carboxylic acid groups (broad SMARTS) is 1. The molecule has 0 aliphatic heterocycles. The molecule has 19 heavy (non-hydrogen) atoms. The lowest BCUT2D eigenvalue weighted by molar-refractivity contribution is -0.137. The Morgan fingerprint density at radius 1 is 1.42 bits per heavy atom. The van der Waals surface area contributed by atoms with E-state index in [1.54, 1.807) is 14.0 Å². The number of aryl methyl sites for hydroxylation is 2. The molecule has 0 amide bonds. The third kappa shape index (κ3) is 2.25. The van der Waals surface area contributed by atoms with Gasteiger partial charge in [0.15, 0.2) is 0 Å². The van der Waals surface area contributed by atoms with Crippen molar-refractivity contribution < 1.29 is 9.90 Å². The number of halogens is 1. The number of rotatable bonds is 3. The van der Waals surface area contributed by atoms with Crippen LogP contribution in [0.2, 0.25) is 0 Å². The van der Waals surface area contributed by atoms with Gasteiger partial charge in [-0.1, -0.05) is 0 Å². The Balaban J connectivity index is 2.79. The van der Waals surface area contributed by atoms with Crippen molar-refractivity contribution in [2.24, 2.45) is 7.05 Å². The van der Waals surface area contributed by atoms with Crippen LogP contribution in [0.3, 0.4) is 0 Å². The third-order valence-electron chi connectivity index (χ3n) is 2.90. The number of thiophene rings is 1. The normalized spacial score (nSPS) is 11.1. The van der Waals surface area contributed by atoms with Crippen molar-refractivity contribution in [1.82, 2.24) is 9.13 Å². The van der Waals surface area contributed by atoms with Crippen molar-refractivity contribution in [2.75, 3.05) is 0 Å². The van der Waals surface area contributed by atoms with Crippen LogP contribution in [0.1, 0.15) is 12.0 Å². The fraction of sp³-hybridized carbons (Fsp3) is 0.364. The van der Waals surface area contributed by atoms with Gasteiger partial charge in [-0.3, -0.25) is 18.7 Å². The van der Waals surface area contributed by atoms with E-state index in [1.807, 2.05) is 0 Å². The molecule has 0 fully saturated rings. The lowest BCUT2D eigenvalue weighted by Crippen LogP contribution is -2.39. The first-order valence-corrected chi connectivity index (χ1v) is 7.05. The molecule has 0 bridgehead atoms. The van der Waals surface area contributed by atoms with Gasteiger partial charge in [0.2, 0.25) is 0 Å². The number of hydrogen-bond donors (Lipinski definition) is 1. The summed E-state index contributed by atoms with van der Waals surface area (Å²) in [5.74, 6) is -1.04. The Kier molecular flexibility index (Phi) is 3.64. The van der Waals surface area contributed by atoms with Crippen molar-refractivity contribution in [2.45, 2.75) is 19.9 Å². The number of fused-ring (bicyclic) bond motifs is 1. The van der Waals surface area contributed by atoms with E-state index in [0.717, 1.165) is 13.9 Å². The van der Waals surface area contributed by atoms with Gasteiger partial charge >= 0.3 is 11.7 Å². The molecule has 0 atom stereocenters. The molecular formula is C11H11BrN2O4S. The highest BCUT2D eigenvalue weighted by Crippen LogP contribution is 2.31. The Morgan fingerprint density at radius 2 is 2.05 bits per heavy atom. The van der Waals surface area contributed by atoms with Crippen LogP contribution in [-0.2, 0) is 18.4 Å². The van der Waals surface area contributed by atoms with E-state index in [-0.39, 0.29) is 13.0 Å². The molecule has 0 saturated carbocycles. The molecule has 0 unspecified atom stereocenters. The van der Waals surface area contributed by atoms with Gasteiger partial charge in [0, 0.05) is 13.6 Å². The topological polar surface area (TPSA) is 81.3 Å². The van der Waals surface area contributed by atoms with Gasteiger partial charge in [-0.05, 0) is 28.4 Å². The van der Waals surface area contributed by atoms with E-state index in [4.69, 9.17) is 5.11 Å². The number of hydrogen-bond acceptors (Lipinski definition) is 4. The second kappa shape index (κ2) is 4.93. The van der Waals surface area contributed by atoms with Crippen molar-refractivity contribution in [3.63, 3.8) is 0 Å². The first kappa shape index (κ1) is 14.0. The van der Waals surface area contributed by atoms with Gasteiger partial charge in [0.25, 0.3) is 5.56 Å². The minimum absolute atomic E-state index is 0.121. The van der Waals surface area contributed by atoms with Gasteiger partial charge in [0.1, 0.15) is 4.83 Å². The Labute approximate surface area is 120 Å². The molecular weight excluding hydrogens is 336 g/mol. The van der Waals surface area contributed by atoms with Crippen LogP contribution in [0, 0.1) is 6.92 Å². The smallest absolute Gasteiger partial charge is 0.331 e. The van der Waals surface area contributed by atoms with Crippen LogP contribution in [0.4, 0.5) is 0 Å². The molecule has 0 radical (unpaired) electrons. The first-order valence-electron chi connectivity index (χ1n) is 5.44. The summed E-state index contributed by atoms with van der Waals surface area (Å²) in [5, 5.41) is 9.13. The Bertz CT molecular complexity index is 787. The molecule has 0 aromatic carbocycles. The van der Waals surface area contributed by atoms with Crippen LogP contribution in [-0.4, -0.2) is 20.2 Å². The Hall–Kier alpha value is -1.41. The summed E-state index contributed by atoms with van der Waals surface area (Å²) in [6, 6.07) is 0. The number of carboxylic acids is 1. The lowest BCUT2D eigenvalue weighted by Gasteiger charge is -2.07. The zero-order valence-electron chi connectivity index (χ0n) is 10.3. The average molecular weight is 347 g/mol. The van der Waals surface area contributed by atoms with E-state index in [9.17, 15) is 14.4 Å². The predicted molar refractivity (Wildman–Crippen MR) is 76.0 cm³/mol. The molecule has 102 valence electrons. The van der Waals surface area contributed by atoms with E-state index in [0.29, 0.717) is 10.2 Å². The molecule has 2 aromatic heterocycles. The highest BCUT2D eigenvalue weighted by Gasteiger charge is 2.17. The fourth-order valence-electron chi connectivity index (χ4n) is 1.85. The average Bonchev–Trinajstić information content (AvgIpc) is 2.63. The molecule has 2 aromatic rings. The standard InChI is InChI=1S/C11H11BrN2O4S/c1-5-7-9(17)14(4-3-6(15)16)11(18)13(2)10(7)19-8(5)12/h3-4H2,1-2H3,(H,15,16). The summed E-state index contributed by atoms with van der Waals surface area (Å²) in [7, 11) is 1.57. The maximum Gasteiger partial charge on any atom is 0.331 e. The second-order valence-corrected chi connectivity index (χ2v) is 6.44. The van der Waals surface area contributed by atoms with Crippen LogP contribution in [0.5, 0.6) is 0 Å². The maximum absolute atomic E-state index is 12.3. The van der Waals surface area contributed by atoms with Crippen LogP contribution >= 0.6 is 27.3 Å². The van der Waals surface area contributed by atoms with E-state index in [1.165, 1.54) is 15.9 Å². The summed E-state index contributed by atoms with van der Waals surface area (Å²) in [4.78, 5) is 35.5. The highest BCUT2D eigenvalue weighted by molar-refractivity contribution is 9.11. The summed E-state index contributed by atoms with van der Waals surface area (Å²) in [6.07, 6.45) is -0.259. The minimum Gasteiger partial charge on any atom is -0.481 e. The summed E-state index contributed by atoms with van der Waals surface area (Å²) in [6.45, 7) is 1.67. The van der Waals surface area contributed by atoms with Crippen molar-refractivity contribution in [3.8, 4) is 0 Å². The van der Waals surface area contributed by atoms with E-state index < -0.39 is 17.2 Å². The molecule has 0 saturated heterocycles. The van der Waals surface area contributed by atoms with Gasteiger partial charge < -0.3 is 5.11 Å². The summed E-state index contributed by atoms with van der Waals surface area (Å²) in [5.41, 5.74) is -0.157. The highest BCUT2D eigenvalue weighted by atomic mass is 79.9. The molecule has 2 heterocycles. The van der Waals surface area contributed by atoms with E-state index >= 15 is 0 Å². The maximum atomic E-state index is 12.3. The number of carbonyl (C=O) groups is 1. The van der Waals surface area contributed by atoms with Crippen molar-refractivity contribution in [3.05, 3.63) is 30.2 Å². The number of aliphatic carboxylic acids is 1. The fourth-order valence-corrected chi connectivity index (χ4v) is 3.49. The molecule has 0 aliphatic carbocycles. The SMILES string of the molecule is Cc1c(Br)sc2c1c(=O)n(CCC(=O)O)c(=O)n2C. The number of nitrogens with zero attached hydrogens (tertiary/aromatic N) is 2. The van der Waals surface area contributed by atoms with Gasteiger partial charge in [0.05, 0.1) is 15.6 Å². The lowest BCUT2D eigenvalue weighted by atomic mass is 10.2. The monoisotopic (exact) mass is 346 g/mol. The number of aromatic nitrogens is 2. The molecule has 0 aliphatic rings. The minimum atomic E-state index is -1.04. The molecule has 6 nitrogen and oxygen atoms in total. The largest absolute Gasteiger partial charge is 0.481 e. The molecule has 1 N–H and O–H groups in total. The van der Waals surface area contributed by atoms with Gasteiger partial charge in [-0.2, -0.15) is 0 Å². The molecule has 0 spiro atoms. The summed E-state index contributed by atoms with van der Waals surface area (Å²) >= 11 is 4.67. The first-order chi connectivity index (χ1) is 8.84. The zero-order valence-corrected chi connectivity index (χ0v) is 12.7. The van der Waals surface area contributed by atoms with E-state index in [2.05, 4.69) is 15.9 Å². The van der Waals surface area contributed by atoms with Crippen LogP contribution < -0.4 is 11.2 Å². The van der Waals surface area contributed by atoms with Gasteiger partial charge in [-0.15, -0.1) is 11.3 Å².